The molecule has 2 amide bonds. The molecule has 0 radical (unpaired) electrons. The summed E-state index contributed by atoms with van der Waals surface area (Å²) in [6, 6.07) is 11.6. The minimum Gasteiger partial charge on any atom is -0.367 e. The van der Waals surface area contributed by atoms with E-state index >= 15 is 0 Å². The summed E-state index contributed by atoms with van der Waals surface area (Å²) in [7, 11) is 0. The first-order valence-electron chi connectivity index (χ1n) is 7.76. The lowest BCUT2D eigenvalue weighted by atomic mass is 10.2. The van der Waals surface area contributed by atoms with Crippen LogP contribution in [0.2, 0.25) is 5.02 Å². The van der Waals surface area contributed by atoms with Gasteiger partial charge in [-0.25, -0.2) is 0 Å². The van der Waals surface area contributed by atoms with Gasteiger partial charge in [-0.1, -0.05) is 23.7 Å². The van der Waals surface area contributed by atoms with Crippen molar-refractivity contribution in [3.05, 3.63) is 52.4 Å². The van der Waals surface area contributed by atoms with Gasteiger partial charge >= 0.3 is 0 Å². The summed E-state index contributed by atoms with van der Waals surface area (Å²) in [6.45, 7) is 0.951. The van der Waals surface area contributed by atoms with E-state index in [9.17, 15) is 9.59 Å². The van der Waals surface area contributed by atoms with Crippen molar-refractivity contribution in [2.75, 3.05) is 19.7 Å². The number of ether oxygens (including phenoxy) is 1. The normalized spacial score (nSPS) is 17.8. The Morgan fingerprint density at radius 3 is 2.92 bits per heavy atom. The number of nitrogens with zero attached hydrogens (tertiary/aromatic N) is 1. The Kier molecular flexibility index (Phi) is 5.53. The number of morpholine rings is 1. The zero-order chi connectivity index (χ0) is 17.8. The summed E-state index contributed by atoms with van der Waals surface area (Å²) >= 11 is 7.60. The summed E-state index contributed by atoms with van der Waals surface area (Å²) in [5.74, 6) is -0.710. The van der Waals surface area contributed by atoms with Crippen LogP contribution in [0.5, 0.6) is 0 Å². The molecule has 1 aromatic carbocycles. The predicted molar refractivity (Wildman–Crippen MR) is 99.3 cm³/mol. The quantitative estimate of drug-likeness (QED) is 0.834. The van der Waals surface area contributed by atoms with Crippen molar-refractivity contribution in [3.8, 4) is 10.4 Å². The van der Waals surface area contributed by atoms with Crippen molar-refractivity contribution in [3.63, 3.8) is 0 Å². The van der Waals surface area contributed by atoms with Gasteiger partial charge in [0, 0.05) is 27.4 Å². The molecule has 5 nitrogen and oxygen atoms in total. The Balaban J connectivity index is 1.66. The van der Waals surface area contributed by atoms with Gasteiger partial charge in [0.1, 0.15) is 0 Å². The van der Waals surface area contributed by atoms with Crippen LogP contribution in [-0.2, 0) is 14.3 Å². The van der Waals surface area contributed by atoms with E-state index < -0.39 is 12.0 Å². The zero-order valence-corrected chi connectivity index (χ0v) is 14.9. The first-order chi connectivity index (χ1) is 12.0. The highest BCUT2D eigenvalue weighted by Crippen LogP contribution is 2.30. The van der Waals surface area contributed by atoms with E-state index in [2.05, 4.69) is 0 Å². The molecule has 130 valence electrons. The van der Waals surface area contributed by atoms with Crippen LogP contribution >= 0.6 is 22.9 Å². The molecule has 0 spiro atoms. The van der Waals surface area contributed by atoms with Crippen molar-refractivity contribution in [2.45, 2.75) is 6.10 Å². The van der Waals surface area contributed by atoms with E-state index in [0.29, 0.717) is 18.2 Å². The van der Waals surface area contributed by atoms with Gasteiger partial charge in [-0.15, -0.1) is 11.3 Å². The summed E-state index contributed by atoms with van der Waals surface area (Å²) in [6.07, 6.45) is 2.55. The fourth-order valence-corrected chi connectivity index (χ4v) is 3.62. The van der Waals surface area contributed by atoms with Crippen molar-refractivity contribution < 1.29 is 14.3 Å². The number of halogens is 1. The summed E-state index contributed by atoms with van der Waals surface area (Å²) < 4.78 is 5.24. The van der Waals surface area contributed by atoms with Crippen LogP contribution in [0.25, 0.3) is 16.5 Å². The number of hydrogen-bond acceptors (Lipinski definition) is 4. The highest BCUT2D eigenvalue weighted by molar-refractivity contribution is 7.16. The van der Waals surface area contributed by atoms with E-state index in [-0.39, 0.29) is 12.5 Å². The van der Waals surface area contributed by atoms with Crippen molar-refractivity contribution in [1.29, 1.82) is 0 Å². The summed E-state index contributed by atoms with van der Waals surface area (Å²) in [4.78, 5) is 27.1. The molecule has 0 unspecified atom stereocenters. The number of carbonyl (C=O) groups is 2. The lowest BCUT2D eigenvalue weighted by molar-refractivity contribution is -0.142. The topological polar surface area (TPSA) is 72.6 Å². The Hall–Kier alpha value is -2.15. The van der Waals surface area contributed by atoms with Gasteiger partial charge in [-0.3, -0.25) is 9.59 Å². The van der Waals surface area contributed by atoms with Crippen LogP contribution in [0.4, 0.5) is 0 Å². The number of carbonyl (C=O) groups excluding carboxylic acids is 2. The van der Waals surface area contributed by atoms with E-state index in [0.717, 1.165) is 15.3 Å². The van der Waals surface area contributed by atoms with Crippen LogP contribution in [0, 0.1) is 0 Å². The SMILES string of the molecule is NC(=O)[C@@H]1CN(C(=O)/C=C\c2ccc(-c3cccc(Cl)c3)s2)CCO1. The molecule has 1 saturated heterocycles. The Labute approximate surface area is 154 Å². The molecule has 0 aliphatic carbocycles. The first-order valence-corrected chi connectivity index (χ1v) is 8.96. The molecule has 1 aliphatic heterocycles. The largest absolute Gasteiger partial charge is 0.367 e. The Morgan fingerprint density at radius 2 is 2.16 bits per heavy atom. The number of primary amides is 1. The lowest BCUT2D eigenvalue weighted by Crippen LogP contribution is -2.50. The highest BCUT2D eigenvalue weighted by Gasteiger charge is 2.26. The van der Waals surface area contributed by atoms with Crippen LogP contribution < -0.4 is 5.73 Å². The maximum absolute atomic E-state index is 12.3. The Bertz CT molecular complexity index is 818. The lowest BCUT2D eigenvalue weighted by Gasteiger charge is -2.30. The minimum atomic E-state index is -0.734. The molecule has 3 rings (SSSR count). The number of rotatable bonds is 4. The third-order valence-corrected chi connectivity index (χ3v) is 5.16. The third kappa shape index (κ3) is 4.48. The number of thiophene rings is 1. The number of nitrogens with two attached hydrogens (primary N) is 1. The van der Waals surface area contributed by atoms with E-state index in [1.165, 1.54) is 6.08 Å². The average molecular weight is 377 g/mol. The number of amides is 2. The molecule has 0 saturated carbocycles. The minimum absolute atomic E-state index is 0.160. The molecule has 2 aromatic rings. The molecule has 1 aromatic heterocycles. The molecule has 1 fully saturated rings. The molecule has 1 atom stereocenters. The van der Waals surface area contributed by atoms with E-state index in [4.69, 9.17) is 22.1 Å². The highest BCUT2D eigenvalue weighted by atomic mass is 35.5. The molecular weight excluding hydrogens is 360 g/mol. The third-order valence-electron chi connectivity index (χ3n) is 3.82. The van der Waals surface area contributed by atoms with Crippen LogP contribution in [0.1, 0.15) is 4.88 Å². The molecule has 0 bridgehead atoms. The van der Waals surface area contributed by atoms with Gasteiger partial charge in [0.15, 0.2) is 6.10 Å². The van der Waals surface area contributed by atoms with Gasteiger partial charge in [0.25, 0.3) is 0 Å². The summed E-state index contributed by atoms with van der Waals surface area (Å²) in [5, 5.41) is 0.689. The van der Waals surface area contributed by atoms with Gasteiger partial charge in [-0.05, 0) is 35.9 Å². The van der Waals surface area contributed by atoms with Gasteiger partial charge in [-0.2, -0.15) is 0 Å². The fraction of sp³-hybridized carbons (Fsp3) is 0.222. The van der Waals surface area contributed by atoms with Crippen LogP contribution in [0.15, 0.2) is 42.5 Å². The van der Waals surface area contributed by atoms with Gasteiger partial charge < -0.3 is 15.4 Å². The van der Waals surface area contributed by atoms with Gasteiger partial charge in [0.2, 0.25) is 11.8 Å². The van der Waals surface area contributed by atoms with Crippen LogP contribution in [-0.4, -0.2) is 42.5 Å². The van der Waals surface area contributed by atoms with Crippen LogP contribution in [0.3, 0.4) is 0 Å². The van der Waals surface area contributed by atoms with Crippen molar-refractivity contribution in [2.24, 2.45) is 5.73 Å². The second kappa shape index (κ2) is 7.82. The monoisotopic (exact) mass is 376 g/mol. The first kappa shape index (κ1) is 17.7. The van der Waals surface area contributed by atoms with Crippen molar-refractivity contribution in [1.82, 2.24) is 4.90 Å². The van der Waals surface area contributed by atoms with Crippen molar-refractivity contribution >= 4 is 40.8 Å². The molecule has 2 heterocycles. The van der Waals surface area contributed by atoms with Gasteiger partial charge in [0.05, 0.1) is 13.2 Å². The molecule has 1 aliphatic rings. The molecule has 25 heavy (non-hydrogen) atoms. The second-order valence-electron chi connectivity index (χ2n) is 5.59. The molecule has 2 N–H and O–H groups in total. The maximum Gasteiger partial charge on any atom is 0.248 e. The smallest absolute Gasteiger partial charge is 0.248 e. The molecular formula is C18H17ClN2O3S. The van der Waals surface area contributed by atoms with E-state index in [1.807, 2.05) is 36.4 Å². The predicted octanol–water partition coefficient (Wildman–Crippen LogP) is 2.79. The number of hydrogen-bond donors (Lipinski definition) is 1. The standard InChI is InChI=1S/C18H17ClN2O3S/c19-13-3-1-2-12(10-13)16-6-4-14(25-16)5-7-17(22)21-8-9-24-15(11-21)18(20)23/h1-7,10,15H,8-9,11H2,(H2,20,23)/b7-5-/t15-/m0/s1. The number of benzene rings is 1. The Morgan fingerprint density at radius 1 is 1.32 bits per heavy atom. The van der Waals surface area contributed by atoms with E-state index in [1.54, 1.807) is 22.3 Å². The summed E-state index contributed by atoms with van der Waals surface area (Å²) in [5.41, 5.74) is 6.28. The zero-order valence-electron chi connectivity index (χ0n) is 13.4. The fourth-order valence-electron chi connectivity index (χ4n) is 2.52. The molecule has 7 heteroatoms. The average Bonchev–Trinajstić information content (AvgIpc) is 3.09. The maximum atomic E-state index is 12.3. The second-order valence-corrected chi connectivity index (χ2v) is 7.14.